The van der Waals surface area contributed by atoms with Gasteiger partial charge in [0.1, 0.15) is 61.5 Å². The van der Waals surface area contributed by atoms with Gasteiger partial charge in [0.15, 0.2) is 31.1 Å². The largest absolute Gasteiger partial charge is 0.479 e. The van der Waals surface area contributed by atoms with Crippen molar-refractivity contribution in [1.82, 2.24) is 0 Å². The van der Waals surface area contributed by atoms with Gasteiger partial charge in [-0.2, -0.15) is 0 Å². The fraction of sp³-hybridized carbons (Fsp3) is 0.939. The maximum Gasteiger partial charge on any atom is 0.332 e. The van der Waals surface area contributed by atoms with Crippen molar-refractivity contribution in [3.05, 3.63) is 0 Å². The Labute approximate surface area is 413 Å². The lowest BCUT2D eigenvalue weighted by molar-refractivity contribution is -0.380. The van der Waals surface area contributed by atoms with E-state index in [1.54, 1.807) is 0 Å². The highest BCUT2D eigenvalue weighted by atomic mass is 16.8. The molecule has 0 bridgehead atoms. The number of aliphatic hydroxyl groups excluding tert-OH is 9. The second-order valence-corrected chi connectivity index (χ2v) is 19.7. The van der Waals surface area contributed by atoms with Crippen molar-refractivity contribution in [1.29, 1.82) is 0 Å². The molecule has 3 heterocycles. The summed E-state index contributed by atoms with van der Waals surface area (Å²) in [4.78, 5) is 34.9. The number of carboxylic acids is 1. The summed E-state index contributed by atoms with van der Waals surface area (Å²) in [6, 6.07) is 0. The van der Waals surface area contributed by atoms with Crippen LogP contribution in [0.15, 0.2) is 0 Å². The fourth-order valence-electron chi connectivity index (χ4n) is 8.83. The summed E-state index contributed by atoms with van der Waals surface area (Å²) in [5.74, 6) is -2.54. The summed E-state index contributed by atoms with van der Waals surface area (Å²) in [5.41, 5.74) is 0. The van der Waals surface area contributed by atoms with Crippen LogP contribution < -0.4 is 0 Å². The minimum atomic E-state index is -1.91. The number of rotatable bonds is 35. The van der Waals surface area contributed by atoms with E-state index in [0.29, 0.717) is 38.5 Å². The number of carbonyl (C=O) groups excluding carboxylic acids is 2. The van der Waals surface area contributed by atoms with E-state index in [2.05, 4.69) is 0 Å². The SMILES string of the molecule is CCCC[C@@H](CCC[C@H](O)[C@H](O)CCCCCCCCCCCCCC[C@H](O)C(=O)O)OC1OC[C@H](O)[C@@H](O)[C@@H]1O[C@H]1OC[C@H](OC(C)=O)[C@@H](O)[C@@H]1O[C@H]1O[C@@H](COC(=O)CC(C)C)[C@H](O)[C@@H](O)[C@@H]1O. The molecule has 3 fully saturated rings. The van der Waals surface area contributed by atoms with Crippen LogP contribution in [-0.4, -0.2) is 193 Å². The lowest BCUT2D eigenvalue weighted by atomic mass is 9.98. The Morgan fingerprint density at radius 2 is 1.13 bits per heavy atom. The Kier molecular flexibility index (Phi) is 29.8. The van der Waals surface area contributed by atoms with Gasteiger partial charge in [-0.05, 0) is 44.4 Å². The second kappa shape index (κ2) is 33.6. The first-order valence-electron chi connectivity index (χ1n) is 25.9. The van der Waals surface area contributed by atoms with Crippen LogP contribution in [0.3, 0.4) is 0 Å². The molecule has 0 spiro atoms. The molecular weight excluding hydrogens is 925 g/mol. The van der Waals surface area contributed by atoms with Crippen molar-refractivity contribution in [2.45, 2.75) is 267 Å². The summed E-state index contributed by atoms with van der Waals surface area (Å²) < 4.78 is 46.6. The van der Waals surface area contributed by atoms with Gasteiger partial charge in [0.05, 0.1) is 31.5 Å². The molecule has 1 unspecified atom stereocenters. The third-order valence-corrected chi connectivity index (χ3v) is 13.1. The molecule has 21 heteroatoms. The average Bonchev–Trinajstić information content (AvgIpc) is 3.31. The first-order valence-corrected chi connectivity index (χ1v) is 25.9. The Morgan fingerprint density at radius 3 is 1.70 bits per heavy atom. The number of ether oxygens (including phenoxy) is 8. The first kappa shape index (κ1) is 62.1. The van der Waals surface area contributed by atoms with E-state index in [-0.39, 0.29) is 18.9 Å². The number of unbranched alkanes of at least 4 members (excludes halogenated alkanes) is 12. The van der Waals surface area contributed by atoms with Crippen LogP contribution in [0, 0.1) is 5.92 Å². The normalized spacial score (nSPS) is 31.2. The van der Waals surface area contributed by atoms with Gasteiger partial charge in [0.25, 0.3) is 0 Å². The number of esters is 2. The van der Waals surface area contributed by atoms with Crippen LogP contribution in [0.2, 0.25) is 0 Å². The number of carboxylic acid groups (broad SMARTS) is 1. The molecule has 70 heavy (non-hydrogen) atoms. The van der Waals surface area contributed by atoms with E-state index in [1.807, 2.05) is 20.8 Å². The highest BCUT2D eigenvalue weighted by Crippen LogP contribution is 2.33. The van der Waals surface area contributed by atoms with Crippen LogP contribution in [0.25, 0.3) is 0 Å². The summed E-state index contributed by atoms with van der Waals surface area (Å²) in [7, 11) is 0. The maximum atomic E-state index is 12.3. The monoisotopic (exact) mass is 1010 g/mol. The third-order valence-electron chi connectivity index (χ3n) is 13.1. The predicted molar refractivity (Wildman–Crippen MR) is 248 cm³/mol. The van der Waals surface area contributed by atoms with Crippen molar-refractivity contribution >= 4 is 17.9 Å². The molecule has 10 N–H and O–H groups in total. The van der Waals surface area contributed by atoms with Gasteiger partial charge in [-0.1, -0.05) is 111 Å². The van der Waals surface area contributed by atoms with Crippen LogP contribution in [0.5, 0.6) is 0 Å². The second-order valence-electron chi connectivity index (χ2n) is 19.7. The number of hydrogen-bond acceptors (Lipinski definition) is 20. The fourth-order valence-corrected chi connectivity index (χ4v) is 8.83. The number of aliphatic hydroxyl groups is 9. The van der Waals surface area contributed by atoms with Crippen molar-refractivity contribution in [3.63, 3.8) is 0 Å². The van der Waals surface area contributed by atoms with Crippen molar-refractivity contribution in [3.8, 4) is 0 Å². The van der Waals surface area contributed by atoms with Crippen molar-refractivity contribution in [2.75, 3.05) is 19.8 Å². The lowest BCUT2D eigenvalue weighted by Crippen LogP contribution is -2.65. The van der Waals surface area contributed by atoms with E-state index in [1.165, 1.54) is 0 Å². The Balaban J connectivity index is 1.53. The third kappa shape index (κ3) is 22.1. The number of carbonyl (C=O) groups is 3. The molecule has 21 nitrogen and oxygen atoms in total. The standard InChI is InChI=1S/C49H88O21/c1-5-6-20-31(21-19-24-33(52)32(51)22-17-15-13-11-9-7-8-10-12-14-16-18-23-34(53)46(61)62)67-48-44(39(56)35(54)26-64-48)70-49-45(41(58)37(28-65-49)66-30(4)50)69-47-43(60)42(59)40(57)36(68-47)27-63-38(55)25-29(2)3/h29,31-37,39-45,47-49,51-54,56-60H,5-28H2,1-4H3,(H,61,62)/t31-,32+,33-,34-,35-,36-,37-,39+,40-,41+,42+,43-,44-,45-,47+,48?,49+/m0/s1. The Morgan fingerprint density at radius 1 is 0.600 bits per heavy atom. The van der Waals surface area contributed by atoms with E-state index in [0.717, 1.165) is 96.8 Å². The molecule has 0 saturated carbocycles. The molecule has 17 atom stereocenters. The zero-order valence-electron chi connectivity index (χ0n) is 41.8. The maximum absolute atomic E-state index is 12.3. The van der Waals surface area contributed by atoms with E-state index in [4.69, 9.17) is 43.0 Å². The molecule has 0 amide bonds. The lowest BCUT2D eigenvalue weighted by Gasteiger charge is -2.46. The minimum Gasteiger partial charge on any atom is -0.479 e. The zero-order valence-corrected chi connectivity index (χ0v) is 41.8. The van der Waals surface area contributed by atoms with Crippen LogP contribution in [0.1, 0.15) is 163 Å². The highest BCUT2D eigenvalue weighted by Gasteiger charge is 2.52. The Hall–Kier alpha value is -2.19. The van der Waals surface area contributed by atoms with Gasteiger partial charge in [0, 0.05) is 13.3 Å². The van der Waals surface area contributed by atoms with Gasteiger partial charge in [-0.25, -0.2) is 4.79 Å². The number of hydrogen-bond donors (Lipinski definition) is 10. The van der Waals surface area contributed by atoms with Gasteiger partial charge in [-0.3, -0.25) is 9.59 Å². The van der Waals surface area contributed by atoms with Gasteiger partial charge >= 0.3 is 17.9 Å². The molecule has 0 aromatic heterocycles. The molecule has 0 aliphatic carbocycles. The topological polar surface area (TPSA) is 327 Å². The molecule has 3 rings (SSSR count). The van der Waals surface area contributed by atoms with Gasteiger partial charge < -0.3 is 89.0 Å². The van der Waals surface area contributed by atoms with Gasteiger partial charge in [-0.15, -0.1) is 0 Å². The molecule has 3 aliphatic rings. The van der Waals surface area contributed by atoms with E-state index in [9.17, 15) is 60.3 Å². The molecule has 410 valence electrons. The van der Waals surface area contributed by atoms with Crippen LogP contribution >= 0.6 is 0 Å². The zero-order chi connectivity index (χ0) is 51.8. The summed E-state index contributed by atoms with van der Waals surface area (Å²) >= 11 is 0. The molecule has 0 aromatic rings. The molecular formula is C49H88O21. The van der Waals surface area contributed by atoms with Crippen LogP contribution in [-0.2, 0) is 52.3 Å². The van der Waals surface area contributed by atoms with Crippen molar-refractivity contribution < 1.29 is 103 Å². The summed E-state index contributed by atoms with van der Waals surface area (Å²) in [5, 5.41) is 105. The van der Waals surface area contributed by atoms with Gasteiger partial charge in [0.2, 0.25) is 0 Å². The van der Waals surface area contributed by atoms with Crippen LogP contribution in [0.4, 0.5) is 0 Å². The molecule has 0 aromatic carbocycles. The minimum absolute atomic E-state index is 0.0270. The highest BCUT2D eigenvalue weighted by molar-refractivity contribution is 5.71. The molecule has 3 aliphatic heterocycles. The van der Waals surface area contributed by atoms with E-state index < -0.39 is 135 Å². The smallest absolute Gasteiger partial charge is 0.332 e. The predicted octanol–water partition coefficient (Wildman–Crippen LogP) is 2.26. The Bertz CT molecular complexity index is 1440. The molecule has 0 radical (unpaired) electrons. The van der Waals surface area contributed by atoms with E-state index >= 15 is 0 Å². The number of aliphatic carboxylic acids is 1. The molecule has 3 saturated heterocycles. The van der Waals surface area contributed by atoms with Crippen molar-refractivity contribution in [2.24, 2.45) is 5.92 Å². The summed E-state index contributed by atoms with van der Waals surface area (Å²) in [6.07, 6.45) is -7.89. The first-order chi connectivity index (χ1) is 33.3. The summed E-state index contributed by atoms with van der Waals surface area (Å²) in [6.45, 7) is 5.49. The average molecular weight is 1010 g/mol. The quantitative estimate of drug-likeness (QED) is 0.0321.